The summed E-state index contributed by atoms with van der Waals surface area (Å²) in [4.78, 5) is 8.59. The van der Waals surface area contributed by atoms with Crippen LogP contribution in [0.5, 0.6) is 0 Å². The van der Waals surface area contributed by atoms with Crippen LogP contribution in [0.4, 0.5) is 5.95 Å². The molecule has 1 aliphatic heterocycles. The maximum absolute atomic E-state index is 5.73. The lowest BCUT2D eigenvalue weighted by Crippen LogP contribution is -2.28. The number of hydrogen-bond acceptors (Lipinski definition) is 5. The molecule has 1 saturated heterocycles. The van der Waals surface area contributed by atoms with E-state index >= 15 is 0 Å². The third-order valence-corrected chi connectivity index (χ3v) is 4.04. The SMILES string of the molecule is c1nc(NCC2CCCCO2)n2nc(C3CC3)cc2n1. The van der Waals surface area contributed by atoms with Crippen molar-refractivity contribution in [1.82, 2.24) is 19.6 Å². The van der Waals surface area contributed by atoms with Crippen LogP contribution in [0.2, 0.25) is 0 Å². The lowest BCUT2D eigenvalue weighted by Gasteiger charge is -2.22. The third-order valence-electron chi connectivity index (χ3n) is 4.04. The lowest BCUT2D eigenvalue weighted by atomic mass is 10.1. The Kier molecular flexibility index (Phi) is 3.03. The van der Waals surface area contributed by atoms with E-state index in [-0.39, 0.29) is 6.10 Å². The minimum absolute atomic E-state index is 0.284. The lowest BCUT2D eigenvalue weighted by molar-refractivity contribution is 0.0246. The molecule has 1 N–H and O–H groups in total. The summed E-state index contributed by atoms with van der Waals surface area (Å²) in [5, 5.41) is 7.98. The molecule has 1 saturated carbocycles. The molecule has 3 heterocycles. The fourth-order valence-corrected chi connectivity index (χ4v) is 2.71. The average Bonchev–Trinajstić information content (AvgIpc) is 3.25. The second-order valence-electron chi connectivity index (χ2n) is 5.68. The second-order valence-corrected chi connectivity index (χ2v) is 5.68. The maximum atomic E-state index is 5.73. The number of rotatable bonds is 4. The minimum atomic E-state index is 0.284. The molecule has 1 unspecified atom stereocenters. The molecule has 0 radical (unpaired) electrons. The zero-order chi connectivity index (χ0) is 13.4. The van der Waals surface area contributed by atoms with Crippen LogP contribution >= 0.6 is 0 Å². The summed E-state index contributed by atoms with van der Waals surface area (Å²) in [5.74, 6) is 1.39. The van der Waals surface area contributed by atoms with Gasteiger partial charge in [0, 0.05) is 25.1 Å². The van der Waals surface area contributed by atoms with Gasteiger partial charge in [-0.3, -0.25) is 0 Å². The fraction of sp³-hybridized carbons (Fsp3) is 0.643. The predicted octanol–water partition coefficient (Wildman–Crippen LogP) is 1.98. The molecule has 20 heavy (non-hydrogen) atoms. The van der Waals surface area contributed by atoms with Crippen molar-refractivity contribution >= 4 is 11.6 Å². The van der Waals surface area contributed by atoms with Crippen LogP contribution in [0.1, 0.15) is 43.7 Å². The van der Waals surface area contributed by atoms with Crippen molar-refractivity contribution in [3.63, 3.8) is 0 Å². The van der Waals surface area contributed by atoms with Gasteiger partial charge in [0.1, 0.15) is 6.33 Å². The molecular weight excluding hydrogens is 254 g/mol. The Morgan fingerprint density at radius 2 is 2.20 bits per heavy atom. The molecule has 6 heteroatoms. The molecular formula is C14H19N5O. The zero-order valence-corrected chi connectivity index (χ0v) is 11.5. The summed E-state index contributed by atoms with van der Waals surface area (Å²) in [6.45, 7) is 1.66. The first kappa shape index (κ1) is 12.1. The van der Waals surface area contributed by atoms with Crippen molar-refractivity contribution in [3.8, 4) is 0 Å². The van der Waals surface area contributed by atoms with E-state index in [1.807, 2.05) is 4.52 Å². The number of fused-ring (bicyclic) bond motifs is 1. The van der Waals surface area contributed by atoms with Crippen LogP contribution in [-0.4, -0.2) is 38.8 Å². The summed E-state index contributed by atoms with van der Waals surface area (Å²) in [6.07, 6.45) is 7.92. The molecule has 0 aromatic carbocycles. The third kappa shape index (κ3) is 2.35. The first-order valence-corrected chi connectivity index (χ1v) is 7.46. The van der Waals surface area contributed by atoms with Gasteiger partial charge in [-0.1, -0.05) is 0 Å². The van der Waals surface area contributed by atoms with E-state index < -0.39 is 0 Å². The Morgan fingerprint density at radius 1 is 1.25 bits per heavy atom. The number of ether oxygens (including phenoxy) is 1. The average molecular weight is 273 g/mol. The van der Waals surface area contributed by atoms with Gasteiger partial charge >= 0.3 is 0 Å². The van der Waals surface area contributed by atoms with Crippen molar-refractivity contribution < 1.29 is 4.74 Å². The van der Waals surface area contributed by atoms with Crippen LogP contribution in [0.3, 0.4) is 0 Å². The number of nitrogens with one attached hydrogen (secondary N) is 1. The van der Waals surface area contributed by atoms with E-state index in [9.17, 15) is 0 Å². The van der Waals surface area contributed by atoms with Crippen LogP contribution in [-0.2, 0) is 4.74 Å². The molecule has 0 spiro atoms. The van der Waals surface area contributed by atoms with Gasteiger partial charge in [0.2, 0.25) is 5.95 Å². The van der Waals surface area contributed by atoms with Gasteiger partial charge in [-0.2, -0.15) is 9.61 Å². The smallest absolute Gasteiger partial charge is 0.227 e. The topological polar surface area (TPSA) is 64.3 Å². The van der Waals surface area contributed by atoms with Gasteiger partial charge in [0.05, 0.1) is 11.8 Å². The number of aromatic nitrogens is 4. The Hall–Kier alpha value is -1.69. The maximum Gasteiger partial charge on any atom is 0.227 e. The summed E-state index contributed by atoms with van der Waals surface area (Å²) in [6, 6.07) is 2.07. The van der Waals surface area contributed by atoms with E-state index in [4.69, 9.17) is 4.74 Å². The molecule has 0 amide bonds. The summed E-state index contributed by atoms with van der Waals surface area (Å²) >= 11 is 0. The first-order valence-electron chi connectivity index (χ1n) is 7.46. The van der Waals surface area contributed by atoms with Gasteiger partial charge in [-0.05, 0) is 32.1 Å². The second kappa shape index (κ2) is 5.01. The normalized spacial score (nSPS) is 23.1. The van der Waals surface area contributed by atoms with Crippen LogP contribution in [0.15, 0.2) is 12.4 Å². The molecule has 1 atom stereocenters. The predicted molar refractivity (Wildman–Crippen MR) is 74.8 cm³/mol. The van der Waals surface area contributed by atoms with Crippen LogP contribution in [0, 0.1) is 0 Å². The Morgan fingerprint density at radius 3 is 3.00 bits per heavy atom. The molecule has 0 bridgehead atoms. The Labute approximate surface area is 117 Å². The summed E-state index contributed by atoms with van der Waals surface area (Å²) in [7, 11) is 0. The van der Waals surface area contributed by atoms with Gasteiger partial charge < -0.3 is 10.1 Å². The van der Waals surface area contributed by atoms with Crippen molar-refractivity contribution in [2.24, 2.45) is 0 Å². The number of nitrogens with zero attached hydrogens (tertiary/aromatic N) is 4. The van der Waals surface area contributed by atoms with Crippen molar-refractivity contribution in [1.29, 1.82) is 0 Å². The van der Waals surface area contributed by atoms with Crippen molar-refractivity contribution in [2.75, 3.05) is 18.5 Å². The largest absolute Gasteiger partial charge is 0.376 e. The highest BCUT2D eigenvalue weighted by atomic mass is 16.5. The number of anilines is 1. The molecule has 2 aromatic heterocycles. The molecule has 2 fully saturated rings. The van der Waals surface area contributed by atoms with Gasteiger partial charge in [0.15, 0.2) is 5.65 Å². The van der Waals surface area contributed by atoms with Gasteiger partial charge in [-0.15, -0.1) is 0 Å². The van der Waals surface area contributed by atoms with E-state index in [1.165, 1.54) is 25.7 Å². The van der Waals surface area contributed by atoms with Gasteiger partial charge in [-0.25, -0.2) is 9.97 Å². The molecule has 1 aliphatic carbocycles. The fourth-order valence-electron chi connectivity index (χ4n) is 2.71. The minimum Gasteiger partial charge on any atom is -0.376 e. The van der Waals surface area contributed by atoms with Crippen molar-refractivity contribution in [3.05, 3.63) is 18.1 Å². The quantitative estimate of drug-likeness (QED) is 0.922. The van der Waals surface area contributed by atoms with E-state index in [0.717, 1.165) is 36.9 Å². The van der Waals surface area contributed by atoms with Gasteiger partial charge in [0.25, 0.3) is 0 Å². The van der Waals surface area contributed by atoms with Crippen LogP contribution < -0.4 is 5.32 Å². The highest BCUT2D eigenvalue weighted by molar-refractivity contribution is 5.45. The Balaban J connectivity index is 1.52. The van der Waals surface area contributed by atoms with E-state index in [2.05, 4.69) is 26.4 Å². The standard InChI is InChI=1S/C14H19N5O/c1-2-6-20-11(3-1)8-15-14-17-9-16-13-7-12(10-4-5-10)18-19(13)14/h7,9-11H,1-6,8H2,(H,15,16,17). The van der Waals surface area contributed by atoms with Crippen molar-refractivity contribution in [2.45, 2.75) is 44.1 Å². The summed E-state index contributed by atoms with van der Waals surface area (Å²) in [5.41, 5.74) is 2.01. The highest BCUT2D eigenvalue weighted by Crippen LogP contribution is 2.39. The highest BCUT2D eigenvalue weighted by Gasteiger charge is 2.27. The van der Waals surface area contributed by atoms with E-state index in [1.54, 1.807) is 6.33 Å². The first-order chi connectivity index (χ1) is 9.90. The molecule has 106 valence electrons. The van der Waals surface area contributed by atoms with E-state index in [0.29, 0.717) is 5.92 Å². The molecule has 6 nitrogen and oxygen atoms in total. The molecule has 4 rings (SSSR count). The zero-order valence-electron chi connectivity index (χ0n) is 11.5. The monoisotopic (exact) mass is 273 g/mol. The number of hydrogen-bond donors (Lipinski definition) is 1. The molecule has 2 aliphatic rings. The Bertz CT molecular complexity index is 601. The summed E-state index contributed by atoms with van der Waals surface area (Å²) < 4.78 is 7.55. The van der Waals surface area contributed by atoms with Crippen LogP contribution in [0.25, 0.3) is 5.65 Å². The molecule has 2 aromatic rings.